The molecular formula is C11H21NO2. The Hall–Kier alpha value is -0.570. The maximum absolute atomic E-state index is 10.8. The number of piperidine rings is 1. The van der Waals surface area contributed by atoms with Gasteiger partial charge in [0.1, 0.15) is 0 Å². The fraction of sp³-hybridized carbons (Fsp3) is 0.909. The molecule has 1 heterocycles. The molecule has 0 saturated carbocycles. The molecule has 0 aromatic rings. The highest BCUT2D eigenvalue weighted by molar-refractivity contribution is 5.70. The van der Waals surface area contributed by atoms with Crippen LogP contribution in [-0.4, -0.2) is 35.6 Å². The number of carboxylic acids is 1. The Morgan fingerprint density at radius 2 is 2.29 bits per heavy atom. The molecule has 0 aromatic carbocycles. The van der Waals surface area contributed by atoms with Crippen molar-refractivity contribution in [1.29, 1.82) is 0 Å². The number of aliphatic carboxylic acids is 1. The van der Waals surface area contributed by atoms with Gasteiger partial charge in [0.05, 0.1) is 5.92 Å². The van der Waals surface area contributed by atoms with E-state index in [1.165, 1.54) is 6.42 Å². The van der Waals surface area contributed by atoms with Gasteiger partial charge in [0.2, 0.25) is 0 Å². The number of hydrogen-bond acceptors (Lipinski definition) is 2. The summed E-state index contributed by atoms with van der Waals surface area (Å²) < 4.78 is 0. The van der Waals surface area contributed by atoms with Crippen molar-refractivity contribution in [3.63, 3.8) is 0 Å². The van der Waals surface area contributed by atoms with Crippen molar-refractivity contribution in [2.24, 2.45) is 11.8 Å². The number of rotatable bonds is 4. The highest BCUT2D eigenvalue weighted by Gasteiger charge is 2.24. The number of carboxylic acid groups (broad SMARTS) is 1. The molecule has 1 fully saturated rings. The van der Waals surface area contributed by atoms with E-state index in [1.807, 2.05) is 0 Å². The molecule has 0 aromatic heterocycles. The van der Waals surface area contributed by atoms with E-state index in [4.69, 9.17) is 5.11 Å². The van der Waals surface area contributed by atoms with Crippen molar-refractivity contribution >= 4 is 5.97 Å². The summed E-state index contributed by atoms with van der Waals surface area (Å²) in [5.41, 5.74) is 0. The molecule has 0 radical (unpaired) electrons. The average molecular weight is 199 g/mol. The summed E-state index contributed by atoms with van der Waals surface area (Å²) in [5, 5.41) is 8.91. The van der Waals surface area contributed by atoms with E-state index in [2.05, 4.69) is 18.7 Å². The third-order valence-electron chi connectivity index (χ3n) is 2.88. The van der Waals surface area contributed by atoms with E-state index in [0.717, 1.165) is 32.5 Å². The van der Waals surface area contributed by atoms with Crippen LogP contribution < -0.4 is 0 Å². The molecule has 1 atom stereocenters. The summed E-state index contributed by atoms with van der Waals surface area (Å²) in [4.78, 5) is 13.1. The minimum absolute atomic E-state index is 0.129. The molecule has 3 heteroatoms. The Morgan fingerprint density at radius 3 is 2.86 bits per heavy atom. The number of carbonyl (C=O) groups is 1. The van der Waals surface area contributed by atoms with Crippen molar-refractivity contribution in [3.05, 3.63) is 0 Å². The molecular weight excluding hydrogens is 178 g/mol. The third kappa shape index (κ3) is 3.66. The van der Waals surface area contributed by atoms with E-state index in [-0.39, 0.29) is 5.92 Å². The van der Waals surface area contributed by atoms with Crippen molar-refractivity contribution < 1.29 is 9.90 Å². The lowest BCUT2D eigenvalue weighted by molar-refractivity contribution is -0.143. The predicted molar refractivity (Wildman–Crippen MR) is 56.3 cm³/mol. The van der Waals surface area contributed by atoms with Gasteiger partial charge in [0, 0.05) is 6.54 Å². The van der Waals surface area contributed by atoms with Gasteiger partial charge in [-0.1, -0.05) is 13.8 Å². The highest BCUT2D eigenvalue weighted by Crippen LogP contribution is 2.17. The smallest absolute Gasteiger partial charge is 0.307 e. The molecule has 1 aliphatic rings. The first kappa shape index (κ1) is 11.5. The van der Waals surface area contributed by atoms with Gasteiger partial charge in [0.15, 0.2) is 0 Å². The second-order valence-corrected chi connectivity index (χ2v) is 4.66. The second kappa shape index (κ2) is 5.35. The summed E-state index contributed by atoms with van der Waals surface area (Å²) in [6.45, 7) is 7.30. The minimum atomic E-state index is -0.626. The average Bonchev–Trinajstić information content (AvgIpc) is 2.15. The zero-order valence-corrected chi connectivity index (χ0v) is 9.20. The SMILES string of the molecule is CC(C)CCN1CCC[C@H](C(=O)O)C1. The second-order valence-electron chi connectivity index (χ2n) is 4.66. The fourth-order valence-corrected chi connectivity index (χ4v) is 1.90. The van der Waals surface area contributed by atoms with Gasteiger partial charge in [-0.2, -0.15) is 0 Å². The van der Waals surface area contributed by atoms with Crippen LogP contribution in [0.15, 0.2) is 0 Å². The maximum Gasteiger partial charge on any atom is 0.307 e. The quantitative estimate of drug-likeness (QED) is 0.751. The molecule has 0 aliphatic carbocycles. The first-order valence-corrected chi connectivity index (χ1v) is 5.54. The highest BCUT2D eigenvalue weighted by atomic mass is 16.4. The van der Waals surface area contributed by atoms with Gasteiger partial charge in [-0.05, 0) is 38.3 Å². The van der Waals surface area contributed by atoms with Crippen molar-refractivity contribution in [2.45, 2.75) is 33.1 Å². The summed E-state index contributed by atoms with van der Waals surface area (Å²) in [6.07, 6.45) is 3.06. The Kier molecular flexibility index (Phi) is 4.39. The van der Waals surface area contributed by atoms with Crippen LogP contribution in [0.5, 0.6) is 0 Å². The lowest BCUT2D eigenvalue weighted by Gasteiger charge is -2.30. The fourth-order valence-electron chi connectivity index (χ4n) is 1.90. The monoisotopic (exact) mass is 199 g/mol. The summed E-state index contributed by atoms with van der Waals surface area (Å²) in [5.74, 6) is -0.0460. The van der Waals surface area contributed by atoms with Gasteiger partial charge in [-0.25, -0.2) is 0 Å². The normalized spacial score (nSPS) is 24.1. The van der Waals surface area contributed by atoms with Gasteiger partial charge >= 0.3 is 5.97 Å². The summed E-state index contributed by atoms with van der Waals surface area (Å²) in [6, 6.07) is 0. The molecule has 1 saturated heterocycles. The van der Waals surface area contributed by atoms with Crippen LogP contribution in [0.25, 0.3) is 0 Å². The molecule has 3 nitrogen and oxygen atoms in total. The third-order valence-corrected chi connectivity index (χ3v) is 2.88. The summed E-state index contributed by atoms with van der Waals surface area (Å²) in [7, 11) is 0. The van der Waals surface area contributed by atoms with Gasteiger partial charge in [-0.15, -0.1) is 0 Å². The van der Waals surface area contributed by atoms with E-state index >= 15 is 0 Å². The van der Waals surface area contributed by atoms with Crippen LogP contribution in [0.3, 0.4) is 0 Å². The van der Waals surface area contributed by atoms with Gasteiger partial charge in [-0.3, -0.25) is 4.79 Å². The Balaban J connectivity index is 2.29. The molecule has 82 valence electrons. The summed E-state index contributed by atoms with van der Waals surface area (Å²) >= 11 is 0. The van der Waals surface area contributed by atoms with Crippen LogP contribution in [-0.2, 0) is 4.79 Å². The topological polar surface area (TPSA) is 40.5 Å². The molecule has 0 spiro atoms. The zero-order chi connectivity index (χ0) is 10.6. The molecule has 0 unspecified atom stereocenters. The Labute approximate surface area is 86.1 Å². The van der Waals surface area contributed by atoms with Gasteiger partial charge < -0.3 is 10.0 Å². The molecule has 14 heavy (non-hydrogen) atoms. The lowest BCUT2D eigenvalue weighted by atomic mass is 9.97. The Morgan fingerprint density at radius 1 is 1.57 bits per heavy atom. The van der Waals surface area contributed by atoms with E-state index in [9.17, 15) is 4.79 Å². The predicted octanol–water partition coefficient (Wildman–Crippen LogP) is 1.83. The van der Waals surface area contributed by atoms with Crippen LogP contribution in [0.1, 0.15) is 33.1 Å². The first-order valence-electron chi connectivity index (χ1n) is 5.54. The maximum atomic E-state index is 10.8. The van der Waals surface area contributed by atoms with Gasteiger partial charge in [0.25, 0.3) is 0 Å². The number of likely N-dealkylation sites (tertiary alicyclic amines) is 1. The van der Waals surface area contributed by atoms with Crippen LogP contribution in [0.2, 0.25) is 0 Å². The van der Waals surface area contributed by atoms with Crippen molar-refractivity contribution in [1.82, 2.24) is 4.90 Å². The molecule has 1 rings (SSSR count). The Bertz CT molecular complexity index is 192. The molecule has 1 aliphatic heterocycles. The van der Waals surface area contributed by atoms with Crippen LogP contribution in [0, 0.1) is 11.8 Å². The van der Waals surface area contributed by atoms with Crippen LogP contribution >= 0.6 is 0 Å². The first-order chi connectivity index (χ1) is 6.59. The largest absolute Gasteiger partial charge is 0.481 e. The molecule has 0 amide bonds. The van der Waals surface area contributed by atoms with E-state index in [1.54, 1.807) is 0 Å². The zero-order valence-electron chi connectivity index (χ0n) is 9.20. The van der Waals surface area contributed by atoms with E-state index in [0.29, 0.717) is 5.92 Å². The number of nitrogens with zero attached hydrogens (tertiary/aromatic N) is 1. The molecule has 1 N–H and O–H groups in total. The lowest BCUT2D eigenvalue weighted by Crippen LogP contribution is -2.39. The number of hydrogen-bond donors (Lipinski definition) is 1. The minimum Gasteiger partial charge on any atom is -0.481 e. The standard InChI is InChI=1S/C11H21NO2/c1-9(2)5-7-12-6-3-4-10(8-12)11(13)14/h9-10H,3-8H2,1-2H3,(H,13,14)/t10-/m0/s1. The van der Waals surface area contributed by atoms with Crippen molar-refractivity contribution in [3.8, 4) is 0 Å². The van der Waals surface area contributed by atoms with Crippen molar-refractivity contribution in [2.75, 3.05) is 19.6 Å². The molecule has 0 bridgehead atoms. The van der Waals surface area contributed by atoms with Crippen LogP contribution in [0.4, 0.5) is 0 Å². The van der Waals surface area contributed by atoms with E-state index < -0.39 is 5.97 Å².